The van der Waals surface area contributed by atoms with E-state index < -0.39 is 0 Å². The van der Waals surface area contributed by atoms with E-state index in [1.807, 2.05) is 78.9 Å². The fraction of sp³-hybridized carbons (Fsp3) is 0.0345. The highest BCUT2D eigenvalue weighted by Gasteiger charge is 2.13. The molecule has 0 aliphatic rings. The van der Waals surface area contributed by atoms with Gasteiger partial charge in [0.05, 0.1) is 29.3 Å². The van der Waals surface area contributed by atoms with E-state index in [1.165, 1.54) is 0 Å². The van der Waals surface area contributed by atoms with E-state index in [2.05, 4.69) is 33.6 Å². The first kappa shape index (κ1) is 19.4. The van der Waals surface area contributed by atoms with Crippen molar-refractivity contribution in [3.8, 4) is 29.4 Å². The number of benzene rings is 3. The van der Waals surface area contributed by atoms with E-state index >= 15 is 0 Å². The van der Waals surface area contributed by atoms with E-state index in [0.717, 1.165) is 49.8 Å². The zero-order chi connectivity index (χ0) is 21.8. The molecule has 2 aromatic heterocycles. The minimum atomic E-state index is 0.802. The summed E-state index contributed by atoms with van der Waals surface area (Å²) in [6, 6.07) is 25.6. The third-order valence-corrected chi connectivity index (χ3v) is 5.16. The molecular weight excluding hydrogens is 392 g/mol. The predicted molar refractivity (Wildman–Crippen MR) is 128 cm³/mol. The minimum absolute atomic E-state index is 0.802. The summed E-state index contributed by atoms with van der Waals surface area (Å²) in [6.45, 7) is 0. The van der Waals surface area contributed by atoms with Crippen molar-refractivity contribution in [3.05, 3.63) is 114 Å². The fourth-order valence-electron chi connectivity index (χ4n) is 3.59. The maximum absolute atomic E-state index is 5.25. The van der Waals surface area contributed by atoms with Crippen LogP contribution in [0.3, 0.4) is 0 Å². The van der Waals surface area contributed by atoms with Crippen molar-refractivity contribution in [2.24, 2.45) is 0 Å². The first-order valence-corrected chi connectivity index (χ1v) is 10.2. The summed E-state index contributed by atoms with van der Waals surface area (Å²) in [4.78, 5) is 9.22. The minimum Gasteiger partial charge on any atom is -0.497 e. The number of pyridine rings is 2. The summed E-state index contributed by atoms with van der Waals surface area (Å²) < 4.78 is 5.25. The molecular formula is C29H18N2O. The molecule has 2 heterocycles. The highest BCUT2D eigenvalue weighted by atomic mass is 16.5. The second-order valence-electron chi connectivity index (χ2n) is 7.14. The predicted octanol–water partition coefficient (Wildman–Crippen LogP) is 5.59. The Balaban J connectivity index is 1.78. The number of hydrogen-bond donors (Lipinski definition) is 0. The molecule has 3 nitrogen and oxygen atoms in total. The summed E-state index contributed by atoms with van der Waals surface area (Å²) >= 11 is 0. The average Bonchev–Trinajstić information content (AvgIpc) is 2.87. The van der Waals surface area contributed by atoms with E-state index in [4.69, 9.17) is 4.74 Å². The monoisotopic (exact) mass is 410 g/mol. The second kappa shape index (κ2) is 8.64. The molecule has 0 bridgehead atoms. The number of fused-ring (bicyclic) bond motifs is 3. The van der Waals surface area contributed by atoms with Crippen LogP contribution in [0.15, 0.2) is 91.3 Å². The Kier molecular flexibility index (Phi) is 5.23. The van der Waals surface area contributed by atoms with Crippen LogP contribution in [-0.4, -0.2) is 17.1 Å². The lowest BCUT2D eigenvalue weighted by Crippen LogP contribution is -1.94. The standard InChI is InChI=1S/C29H18N2O/c1-32-23-15-11-22(12-16-23)14-18-25-24(17-13-21-7-3-2-4-8-21)26-9-5-19-30-28(26)29-27(25)10-6-20-31-29/h2-12,15-16,19-20H,1H3. The average molecular weight is 410 g/mol. The van der Waals surface area contributed by atoms with Gasteiger partial charge in [-0.05, 0) is 60.7 Å². The number of ether oxygens (including phenoxy) is 1. The van der Waals surface area contributed by atoms with Gasteiger partial charge in [-0.2, -0.15) is 0 Å². The van der Waals surface area contributed by atoms with Gasteiger partial charge in [0, 0.05) is 34.3 Å². The van der Waals surface area contributed by atoms with Gasteiger partial charge in [-0.3, -0.25) is 9.97 Å². The van der Waals surface area contributed by atoms with Gasteiger partial charge in [0.2, 0.25) is 0 Å². The van der Waals surface area contributed by atoms with Crippen LogP contribution in [0.25, 0.3) is 21.8 Å². The van der Waals surface area contributed by atoms with Crippen molar-refractivity contribution in [3.63, 3.8) is 0 Å². The highest BCUT2D eigenvalue weighted by molar-refractivity contribution is 6.09. The fourth-order valence-corrected chi connectivity index (χ4v) is 3.59. The van der Waals surface area contributed by atoms with Crippen LogP contribution >= 0.6 is 0 Å². The van der Waals surface area contributed by atoms with Gasteiger partial charge in [0.1, 0.15) is 5.75 Å². The van der Waals surface area contributed by atoms with Crippen LogP contribution in [0.1, 0.15) is 22.3 Å². The molecule has 0 spiro atoms. The van der Waals surface area contributed by atoms with Crippen LogP contribution in [-0.2, 0) is 0 Å². The molecule has 0 radical (unpaired) electrons. The maximum Gasteiger partial charge on any atom is 0.118 e. The van der Waals surface area contributed by atoms with Crippen LogP contribution in [0.2, 0.25) is 0 Å². The third-order valence-electron chi connectivity index (χ3n) is 5.16. The summed E-state index contributed by atoms with van der Waals surface area (Å²) in [5.41, 5.74) is 5.22. The third kappa shape index (κ3) is 3.76. The molecule has 0 unspecified atom stereocenters. The zero-order valence-electron chi connectivity index (χ0n) is 17.5. The molecule has 0 saturated carbocycles. The Morgan fingerprint density at radius 1 is 0.562 bits per heavy atom. The van der Waals surface area contributed by atoms with Gasteiger partial charge >= 0.3 is 0 Å². The topological polar surface area (TPSA) is 35.0 Å². The lowest BCUT2D eigenvalue weighted by molar-refractivity contribution is 0.415. The molecule has 0 amide bonds. The van der Waals surface area contributed by atoms with Gasteiger partial charge in [-0.25, -0.2) is 0 Å². The molecule has 0 atom stereocenters. The number of methoxy groups -OCH3 is 1. The first-order chi connectivity index (χ1) is 15.8. The smallest absolute Gasteiger partial charge is 0.118 e. The van der Waals surface area contributed by atoms with Crippen molar-refractivity contribution in [1.82, 2.24) is 9.97 Å². The van der Waals surface area contributed by atoms with E-state index in [0.29, 0.717) is 0 Å². The van der Waals surface area contributed by atoms with Crippen molar-refractivity contribution in [2.45, 2.75) is 0 Å². The Morgan fingerprint density at radius 2 is 1.09 bits per heavy atom. The highest BCUT2D eigenvalue weighted by Crippen LogP contribution is 2.29. The quantitative estimate of drug-likeness (QED) is 0.267. The number of nitrogens with zero attached hydrogens (tertiary/aromatic N) is 2. The van der Waals surface area contributed by atoms with Gasteiger partial charge in [0.15, 0.2) is 0 Å². The molecule has 3 heteroatoms. The molecule has 32 heavy (non-hydrogen) atoms. The lowest BCUT2D eigenvalue weighted by atomic mass is 9.96. The van der Waals surface area contributed by atoms with Gasteiger partial charge < -0.3 is 4.74 Å². The van der Waals surface area contributed by atoms with Crippen LogP contribution in [0.5, 0.6) is 5.75 Å². The molecule has 0 fully saturated rings. The summed E-state index contributed by atoms with van der Waals surface area (Å²) in [5, 5.41) is 1.89. The molecule has 0 N–H and O–H groups in total. The molecule has 0 saturated heterocycles. The molecule has 150 valence electrons. The van der Waals surface area contributed by atoms with E-state index in [-0.39, 0.29) is 0 Å². The number of hydrogen-bond acceptors (Lipinski definition) is 3. The number of rotatable bonds is 1. The van der Waals surface area contributed by atoms with Crippen LogP contribution in [0.4, 0.5) is 0 Å². The van der Waals surface area contributed by atoms with Crippen molar-refractivity contribution >= 4 is 21.8 Å². The van der Waals surface area contributed by atoms with Gasteiger partial charge in [-0.15, -0.1) is 0 Å². The lowest BCUT2D eigenvalue weighted by Gasteiger charge is -2.09. The maximum atomic E-state index is 5.25. The SMILES string of the molecule is COc1ccc(C#Cc2c(C#Cc3ccccc3)c3cccnc3c3ncccc23)cc1. The summed E-state index contributed by atoms with van der Waals surface area (Å²) in [5.74, 6) is 14.1. The van der Waals surface area contributed by atoms with Crippen molar-refractivity contribution in [2.75, 3.05) is 7.11 Å². The van der Waals surface area contributed by atoms with Crippen LogP contribution < -0.4 is 4.74 Å². The second-order valence-corrected chi connectivity index (χ2v) is 7.14. The van der Waals surface area contributed by atoms with Crippen molar-refractivity contribution < 1.29 is 4.74 Å². The Hall–Kier alpha value is -4.60. The Labute approximate surface area is 186 Å². The van der Waals surface area contributed by atoms with Crippen molar-refractivity contribution in [1.29, 1.82) is 0 Å². The Morgan fingerprint density at radius 3 is 1.62 bits per heavy atom. The molecule has 0 aliphatic carbocycles. The molecule has 5 rings (SSSR count). The van der Waals surface area contributed by atoms with Gasteiger partial charge in [-0.1, -0.05) is 41.9 Å². The summed E-state index contributed by atoms with van der Waals surface area (Å²) in [6.07, 6.45) is 3.57. The molecule has 0 aliphatic heterocycles. The van der Waals surface area contributed by atoms with Crippen LogP contribution in [0, 0.1) is 23.7 Å². The Bertz CT molecular complexity index is 1550. The largest absolute Gasteiger partial charge is 0.497 e. The first-order valence-electron chi connectivity index (χ1n) is 10.2. The van der Waals surface area contributed by atoms with Gasteiger partial charge in [0.25, 0.3) is 0 Å². The zero-order valence-corrected chi connectivity index (χ0v) is 17.5. The number of aromatic nitrogens is 2. The summed E-state index contributed by atoms with van der Waals surface area (Å²) in [7, 11) is 1.65. The van der Waals surface area contributed by atoms with E-state index in [1.54, 1.807) is 19.5 Å². The molecule has 5 aromatic rings. The van der Waals surface area contributed by atoms with E-state index in [9.17, 15) is 0 Å². The normalized spacial score (nSPS) is 10.2. The molecule has 3 aromatic carbocycles.